The Kier molecular flexibility index (Phi) is 10.0. The second-order valence-electron chi connectivity index (χ2n) is 11.0. The number of carbonyl (C=O) groups is 1. The van der Waals surface area contributed by atoms with E-state index >= 15 is 0 Å². The molecule has 3 aromatic carbocycles. The average molecular weight is 608 g/mol. The van der Waals surface area contributed by atoms with Crippen molar-refractivity contribution in [3.05, 3.63) is 105 Å². The maximum absolute atomic E-state index is 12.6. The number of benzene rings is 3. The molecule has 1 saturated heterocycles. The molecule has 1 aliphatic carbocycles. The number of amides is 1. The highest BCUT2D eigenvalue weighted by molar-refractivity contribution is 6.36. The Bertz CT molecular complexity index is 1500. The Morgan fingerprint density at radius 1 is 1.07 bits per heavy atom. The zero-order valence-corrected chi connectivity index (χ0v) is 25.7. The number of nitrogens with zero attached hydrogens (tertiary/aromatic N) is 1. The SMILES string of the molecule is C/C=C(\NC(C)=O)c1ccc2c(c1)CCCC(c1ccc(Cl)cc1Cl)=C2c1ccc(OC2CCN(CCCF)C2)cc1. The number of alkyl halides is 1. The van der Waals surface area contributed by atoms with Crippen molar-refractivity contribution in [1.29, 1.82) is 0 Å². The van der Waals surface area contributed by atoms with Crippen molar-refractivity contribution in [3.63, 3.8) is 0 Å². The molecular weight excluding hydrogens is 570 g/mol. The highest BCUT2D eigenvalue weighted by Gasteiger charge is 2.25. The highest BCUT2D eigenvalue weighted by Crippen LogP contribution is 2.43. The van der Waals surface area contributed by atoms with Crippen LogP contribution in [-0.2, 0) is 11.2 Å². The lowest BCUT2D eigenvalue weighted by atomic mass is 9.87. The van der Waals surface area contributed by atoms with Crippen LogP contribution in [0.25, 0.3) is 16.8 Å². The lowest BCUT2D eigenvalue weighted by Gasteiger charge is -2.20. The number of hydrogen-bond donors (Lipinski definition) is 1. The Morgan fingerprint density at radius 2 is 1.86 bits per heavy atom. The van der Waals surface area contributed by atoms with Crippen LogP contribution in [0.4, 0.5) is 4.39 Å². The maximum Gasteiger partial charge on any atom is 0.221 e. The molecule has 1 unspecified atom stereocenters. The second-order valence-corrected chi connectivity index (χ2v) is 11.8. The molecule has 0 aromatic heterocycles. The third-order valence-electron chi connectivity index (χ3n) is 8.00. The van der Waals surface area contributed by atoms with E-state index in [-0.39, 0.29) is 18.7 Å². The van der Waals surface area contributed by atoms with E-state index in [1.54, 1.807) is 6.07 Å². The van der Waals surface area contributed by atoms with Gasteiger partial charge in [-0.1, -0.05) is 59.6 Å². The van der Waals surface area contributed by atoms with Crippen LogP contribution in [0, 0.1) is 0 Å². The van der Waals surface area contributed by atoms with Gasteiger partial charge in [0, 0.05) is 42.3 Å². The minimum absolute atomic E-state index is 0.0920. The number of aryl methyl sites for hydroxylation is 1. The first kappa shape index (κ1) is 30.3. The maximum atomic E-state index is 12.6. The first-order valence-corrected chi connectivity index (χ1v) is 15.4. The van der Waals surface area contributed by atoms with Crippen molar-refractivity contribution in [1.82, 2.24) is 10.2 Å². The third kappa shape index (κ3) is 7.08. The van der Waals surface area contributed by atoms with Crippen LogP contribution >= 0.6 is 23.2 Å². The van der Waals surface area contributed by atoms with Crippen molar-refractivity contribution >= 4 is 46.0 Å². The Morgan fingerprint density at radius 3 is 2.57 bits per heavy atom. The van der Waals surface area contributed by atoms with E-state index in [1.807, 2.05) is 37.3 Å². The zero-order valence-electron chi connectivity index (χ0n) is 24.2. The van der Waals surface area contributed by atoms with Crippen molar-refractivity contribution in [2.75, 3.05) is 26.3 Å². The van der Waals surface area contributed by atoms with Gasteiger partial charge in [-0.3, -0.25) is 14.1 Å². The van der Waals surface area contributed by atoms with E-state index < -0.39 is 0 Å². The number of ether oxygens (including phenoxy) is 1. The summed E-state index contributed by atoms with van der Waals surface area (Å²) in [7, 11) is 0. The van der Waals surface area contributed by atoms with Gasteiger partial charge >= 0.3 is 0 Å². The van der Waals surface area contributed by atoms with Crippen molar-refractivity contribution < 1.29 is 13.9 Å². The van der Waals surface area contributed by atoms with Crippen LogP contribution in [0.15, 0.2) is 66.7 Å². The summed E-state index contributed by atoms with van der Waals surface area (Å²) in [6, 6.07) is 20.5. The minimum Gasteiger partial charge on any atom is -0.489 e. The highest BCUT2D eigenvalue weighted by atomic mass is 35.5. The van der Waals surface area contributed by atoms with E-state index in [2.05, 4.69) is 40.5 Å². The normalized spacial score (nSPS) is 17.6. The molecule has 0 spiro atoms. The molecule has 0 radical (unpaired) electrons. The number of nitrogens with one attached hydrogen (secondary N) is 1. The van der Waals surface area contributed by atoms with Crippen LogP contribution in [0.2, 0.25) is 10.0 Å². The van der Waals surface area contributed by atoms with Gasteiger partial charge in [0.05, 0.1) is 6.67 Å². The fourth-order valence-electron chi connectivity index (χ4n) is 6.06. The van der Waals surface area contributed by atoms with Gasteiger partial charge < -0.3 is 10.1 Å². The van der Waals surface area contributed by atoms with E-state index in [4.69, 9.17) is 27.9 Å². The van der Waals surface area contributed by atoms with Gasteiger partial charge in [0.25, 0.3) is 0 Å². The summed E-state index contributed by atoms with van der Waals surface area (Å²) >= 11 is 13.1. The summed E-state index contributed by atoms with van der Waals surface area (Å²) in [5.41, 5.74) is 8.57. The predicted octanol–water partition coefficient (Wildman–Crippen LogP) is 8.60. The molecule has 1 fully saturated rings. The van der Waals surface area contributed by atoms with Crippen molar-refractivity contribution in [3.8, 4) is 5.75 Å². The monoisotopic (exact) mass is 606 g/mol. The molecule has 1 N–H and O–H groups in total. The zero-order chi connectivity index (χ0) is 29.6. The molecule has 0 bridgehead atoms. The summed E-state index contributed by atoms with van der Waals surface area (Å²) in [5, 5.41) is 4.20. The Labute approximate surface area is 258 Å². The first-order chi connectivity index (χ1) is 20.4. The molecule has 42 heavy (non-hydrogen) atoms. The van der Waals surface area contributed by atoms with Gasteiger partial charge in [-0.2, -0.15) is 0 Å². The molecule has 1 amide bonds. The van der Waals surface area contributed by atoms with Crippen molar-refractivity contribution in [2.24, 2.45) is 0 Å². The number of rotatable bonds is 9. The summed E-state index contributed by atoms with van der Waals surface area (Å²) in [4.78, 5) is 14.1. The van der Waals surface area contributed by atoms with Crippen molar-refractivity contribution in [2.45, 2.75) is 52.1 Å². The summed E-state index contributed by atoms with van der Waals surface area (Å²) < 4.78 is 18.9. The fraction of sp³-hybridized carbons (Fsp3) is 0.343. The van der Waals surface area contributed by atoms with Gasteiger partial charge in [-0.15, -0.1) is 0 Å². The number of likely N-dealkylation sites (tertiary alicyclic amines) is 1. The minimum atomic E-state index is -0.279. The second kappa shape index (κ2) is 13.9. The van der Waals surface area contributed by atoms with Gasteiger partial charge in [-0.05, 0) is 108 Å². The smallest absolute Gasteiger partial charge is 0.221 e. The molecule has 1 heterocycles. The molecule has 3 aromatic rings. The van der Waals surface area contributed by atoms with Gasteiger partial charge in [0.2, 0.25) is 5.91 Å². The number of hydrogen-bond acceptors (Lipinski definition) is 3. The molecule has 7 heteroatoms. The summed E-state index contributed by atoms with van der Waals surface area (Å²) in [6.45, 7) is 5.73. The van der Waals surface area contributed by atoms with E-state index in [1.165, 1.54) is 18.1 Å². The summed E-state index contributed by atoms with van der Waals surface area (Å²) in [5.74, 6) is 0.741. The molecular formula is C35H37Cl2FN2O2. The van der Waals surface area contributed by atoms with Gasteiger partial charge in [0.1, 0.15) is 11.9 Å². The standard InChI is InChI=1S/C35H37Cl2FN2O2/c1-3-34(39-23(2)41)26-10-14-30-25(20-26)6-4-7-32(31-15-11-27(36)21-33(31)37)35(30)24-8-12-28(13-9-24)42-29-16-19-40(22-29)18-5-17-38/h3,8-15,20-21,29H,4-7,16-19,22H2,1-2H3,(H,39,41)/b34-3-. The van der Waals surface area contributed by atoms with E-state index in [9.17, 15) is 9.18 Å². The van der Waals surface area contributed by atoms with E-state index in [0.717, 1.165) is 84.6 Å². The van der Waals surface area contributed by atoms with Crippen LogP contribution in [0.3, 0.4) is 0 Å². The number of allylic oxidation sites excluding steroid dienone is 2. The third-order valence-corrected chi connectivity index (χ3v) is 8.55. The molecule has 4 nitrogen and oxygen atoms in total. The lowest BCUT2D eigenvalue weighted by molar-refractivity contribution is -0.117. The van der Waals surface area contributed by atoms with Crippen LogP contribution in [0.5, 0.6) is 5.75 Å². The Hall–Kier alpha value is -3.12. The summed E-state index contributed by atoms with van der Waals surface area (Å²) in [6.07, 6.45) is 6.28. The average Bonchev–Trinajstić information content (AvgIpc) is 3.33. The predicted molar refractivity (Wildman–Crippen MR) is 172 cm³/mol. The lowest BCUT2D eigenvalue weighted by Crippen LogP contribution is -2.26. The molecule has 1 atom stereocenters. The van der Waals surface area contributed by atoms with Crippen LogP contribution in [0.1, 0.15) is 67.3 Å². The number of fused-ring (bicyclic) bond motifs is 1. The van der Waals surface area contributed by atoms with Crippen LogP contribution in [-0.4, -0.2) is 43.2 Å². The topological polar surface area (TPSA) is 41.6 Å². The fourth-order valence-corrected chi connectivity index (χ4v) is 6.58. The quantitative estimate of drug-likeness (QED) is 0.265. The first-order valence-electron chi connectivity index (χ1n) is 14.7. The molecule has 1 aliphatic heterocycles. The molecule has 5 rings (SSSR count). The molecule has 220 valence electrons. The molecule has 2 aliphatic rings. The van der Waals surface area contributed by atoms with Gasteiger partial charge in [-0.25, -0.2) is 0 Å². The Balaban J connectivity index is 1.52. The van der Waals surface area contributed by atoms with Crippen LogP contribution < -0.4 is 10.1 Å². The van der Waals surface area contributed by atoms with Gasteiger partial charge in [0.15, 0.2) is 0 Å². The molecule has 0 saturated carbocycles. The largest absolute Gasteiger partial charge is 0.489 e. The van der Waals surface area contributed by atoms with E-state index in [0.29, 0.717) is 16.5 Å². The number of carbonyl (C=O) groups excluding carboxylic acids is 1. The number of halogens is 3.